The molecule has 0 amide bonds. The quantitative estimate of drug-likeness (QED) is 0.619. The van der Waals surface area contributed by atoms with Crippen LogP contribution >= 0.6 is 0 Å². The van der Waals surface area contributed by atoms with Crippen molar-refractivity contribution < 1.29 is 13.3 Å². The first-order chi connectivity index (χ1) is 6.14. The first-order valence-electron chi connectivity index (χ1n) is 4.33. The summed E-state index contributed by atoms with van der Waals surface area (Å²) in [7, 11) is -2.79. The molecule has 0 aromatic heterocycles. The van der Waals surface area contributed by atoms with Gasteiger partial charge in [0.1, 0.15) is 0 Å². The van der Waals surface area contributed by atoms with Gasteiger partial charge in [0, 0.05) is 13.1 Å². The predicted molar refractivity (Wildman–Crippen MR) is 51.0 cm³/mol. The average molecular weight is 205 g/mol. The molecule has 0 aliphatic carbocycles. The molecule has 1 rings (SSSR count). The zero-order chi connectivity index (χ0) is 9.73. The standard InChI is InChI=1S/C8H15NO3S/c1-2-3-6-12-9-4-7-13(10,11)8-5-9/h2-3H,4-8H2,1H3. The summed E-state index contributed by atoms with van der Waals surface area (Å²) in [5, 5.41) is 1.71. The third-order valence-corrected chi connectivity index (χ3v) is 3.50. The number of hydroxylamine groups is 2. The molecule has 1 fully saturated rings. The molecule has 0 aromatic rings. The van der Waals surface area contributed by atoms with Crippen LogP contribution in [0.4, 0.5) is 0 Å². The van der Waals surface area contributed by atoms with Gasteiger partial charge in [-0.05, 0) is 6.92 Å². The van der Waals surface area contributed by atoms with Crippen molar-refractivity contribution in [2.75, 3.05) is 31.2 Å². The molecular weight excluding hydrogens is 190 g/mol. The molecule has 0 atom stereocenters. The van der Waals surface area contributed by atoms with Crippen molar-refractivity contribution in [3.63, 3.8) is 0 Å². The van der Waals surface area contributed by atoms with Crippen molar-refractivity contribution in [2.45, 2.75) is 6.92 Å². The van der Waals surface area contributed by atoms with E-state index in [1.165, 1.54) is 0 Å². The lowest BCUT2D eigenvalue weighted by molar-refractivity contribution is -0.142. The van der Waals surface area contributed by atoms with Crippen LogP contribution in [0.1, 0.15) is 6.92 Å². The molecule has 5 heteroatoms. The number of hydrogen-bond acceptors (Lipinski definition) is 4. The summed E-state index contributed by atoms with van der Waals surface area (Å²) in [6, 6.07) is 0. The highest BCUT2D eigenvalue weighted by Crippen LogP contribution is 2.03. The minimum absolute atomic E-state index is 0.211. The highest BCUT2D eigenvalue weighted by atomic mass is 32.2. The number of sulfone groups is 1. The third kappa shape index (κ3) is 3.89. The van der Waals surface area contributed by atoms with Gasteiger partial charge in [-0.15, -0.1) is 0 Å². The molecule has 1 aliphatic heterocycles. The van der Waals surface area contributed by atoms with Gasteiger partial charge in [0.2, 0.25) is 0 Å². The maximum atomic E-state index is 11.0. The smallest absolute Gasteiger partial charge is 0.153 e. The summed E-state index contributed by atoms with van der Waals surface area (Å²) in [6.45, 7) is 3.42. The van der Waals surface area contributed by atoms with E-state index in [4.69, 9.17) is 4.84 Å². The molecule has 0 saturated carbocycles. The van der Waals surface area contributed by atoms with Crippen molar-refractivity contribution in [3.8, 4) is 0 Å². The topological polar surface area (TPSA) is 46.6 Å². The molecule has 76 valence electrons. The van der Waals surface area contributed by atoms with E-state index in [2.05, 4.69) is 0 Å². The van der Waals surface area contributed by atoms with Crippen molar-refractivity contribution in [1.82, 2.24) is 5.06 Å². The molecule has 0 N–H and O–H groups in total. The van der Waals surface area contributed by atoms with Gasteiger partial charge in [0.25, 0.3) is 0 Å². The van der Waals surface area contributed by atoms with Crippen LogP contribution in [-0.4, -0.2) is 44.7 Å². The highest BCUT2D eigenvalue weighted by Gasteiger charge is 2.21. The second kappa shape index (κ2) is 4.74. The summed E-state index contributed by atoms with van der Waals surface area (Å²) in [5.41, 5.74) is 0. The Bertz CT molecular complexity index is 257. The van der Waals surface area contributed by atoms with Crippen LogP contribution < -0.4 is 0 Å². The van der Waals surface area contributed by atoms with E-state index in [1.54, 1.807) is 5.06 Å². The second-order valence-electron chi connectivity index (χ2n) is 2.95. The normalized spacial score (nSPS) is 23.8. The van der Waals surface area contributed by atoms with Gasteiger partial charge in [-0.2, -0.15) is 5.06 Å². The highest BCUT2D eigenvalue weighted by molar-refractivity contribution is 7.91. The van der Waals surface area contributed by atoms with E-state index in [1.807, 2.05) is 19.1 Å². The molecule has 0 aromatic carbocycles. The van der Waals surface area contributed by atoms with Crippen molar-refractivity contribution in [3.05, 3.63) is 12.2 Å². The molecule has 1 saturated heterocycles. The lowest BCUT2D eigenvalue weighted by Crippen LogP contribution is -2.40. The molecule has 13 heavy (non-hydrogen) atoms. The summed E-state index contributed by atoms with van der Waals surface area (Å²) in [6.07, 6.45) is 3.80. The van der Waals surface area contributed by atoms with Gasteiger partial charge in [-0.25, -0.2) is 8.42 Å². The van der Waals surface area contributed by atoms with Crippen molar-refractivity contribution in [1.29, 1.82) is 0 Å². The zero-order valence-electron chi connectivity index (χ0n) is 7.77. The Balaban J connectivity index is 2.25. The fourth-order valence-corrected chi connectivity index (χ4v) is 2.24. The Kier molecular flexibility index (Phi) is 3.90. The molecule has 1 aliphatic rings. The van der Waals surface area contributed by atoms with Crippen LogP contribution in [0.2, 0.25) is 0 Å². The van der Waals surface area contributed by atoms with Gasteiger partial charge in [-0.3, -0.25) is 4.84 Å². The van der Waals surface area contributed by atoms with Crippen LogP contribution in [-0.2, 0) is 14.7 Å². The van der Waals surface area contributed by atoms with E-state index in [9.17, 15) is 8.42 Å². The second-order valence-corrected chi connectivity index (χ2v) is 5.25. The van der Waals surface area contributed by atoms with Crippen LogP contribution in [0, 0.1) is 0 Å². The molecule has 1 heterocycles. The summed E-state index contributed by atoms with van der Waals surface area (Å²) < 4.78 is 22.1. The Morgan fingerprint density at radius 2 is 2.00 bits per heavy atom. The first kappa shape index (κ1) is 10.7. The van der Waals surface area contributed by atoms with Crippen LogP contribution in [0.5, 0.6) is 0 Å². The molecular formula is C8H15NO3S. The van der Waals surface area contributed by atoms with Crippen LogP contribution in [0.25, 0.3) is 0 Å². The van der Waals surface area contributed by atoms with Gasteiger partial charge in [0.05, 0.1) is 18.1 Å². The number of allylic oxidation sites excluding steroid dienone is 1. The Morgan fingerprint density at radius 3 is 2.54 bits per heavy atom. The fraction of sp³-hybridized carbons (Fsp3) is 0.750. The van der Waals surface area contributed by atoms with Crippen LogP contribution in [0.15, 0.2) is 12.2 Å². The SMILES string of the molecule is CC=CCON1CCS(=O)(=O)CC1. The van der Waals surface area contributed by atoms with Crippen molar-refractivity contribution in [2.24, 2.45) is 0 Å². The molecule has 0 radical (unpaired) electrons. The number of rotatable bonds is 3. The zero-order valence-corrected chi connectivity index (χ0v) is 8.59. The largest absolute Gasteiger partial charge is 0.295 e. The van der Waals surface area contributed by atoms with Gasteiger partial charge >= 0.3 is 0 Å². The van der Waals surface area contributed by atoms with Gasteiger partial charge < -0.3 is 0 Å². The third-order valence-electron chi connectivity index (χ3n) is 1.89. The van der Waals surface area contributed by atoms with Gasteiger partial charge in [0.15, 0.2) is 9.84 Å². The maximum Gasteiger partial charge on any atom is 0.153 e. The molecule has 0 bridgehead atoms. The fourth-order valence-electron chi connectivity index (χ4n) is 1.07. The molecule has 0 spiro atoms. The number of nitrogens with zero attached hydrogens (tertiary/aromatic N) is 1. The minimum atomic E-state index is -2.79. The van der Waals surface area contributed by atoms with E-state index >= 15 is 0 Å². The van der Waals surface area contributed by atoms with Gasteiger partial charge in [-0.1, -0.05) is 12.2 Å². The average Bonchev–Trinajstić information content (AvgIpc) is 2.08. The lowest BCUT2D eigenvalue weighted by Gasteiger charge is -2.24. The Labute approximate surface area is 79.1 Å². The maximum absolute atomic E-state index is 11.0. The van der Waals surface area contributed by atoms with E-state index in [-0.39, 0.29) is 11.5 Å². The van der Waals surface area contributed by atoms with E-state index in [0.29, 0.717) is 19.7 Å². The summed E-state index contributed by atoms with van der Waals surface area (Å²) >= 11 is 0. The Hall–Kier alpha value is -0.390. The predicted octanol–water partition coefficient (Wildman–Crippen LogP) is 0.225. The lowest BCUT2D eigenvalue weighted by atomic mass is 10.5. The van der Waals surface area contributed by atoms with E-state index in [0.717, 1.165) is 0 Å². The summed E-state index contributed by atoms with van der Waals surface area (Å²) in [4.78, 5) is 5.30. The van der Waals surface area contributed by atoms with Crippen molar-refractivity contribution >= 4 is 9.84 Å². The summed E-state index contributed by atoms with van der Waals surface area (Å²) in [5.74, 6) is 0.422. The first-order valence-corrected chi connectivity index (χ1v) is 6.15. The Morgan fingerprint density at radius 1 is 1.38 bits per heavy atom. The monoisotopic (exact) mass is 205 g/mol. The number of hydrogen-bond donors (Lipinski definition) is 0. The molecule has 4 nitrogen and oxygen atoms in total. The minimum Gasteiger partial charge on any atom is -0.295 e. The molecule has 0 unspecified atom stereocenters. The van der Waals surface area contributed by atoms with Crippen LogP contribution in [0.3, 0.4) is 0 Å². The van der Waals surface area contributed by atoms with E-state index < -0.39 is 9.84 Å².